The molecule has 0 saturated heterocycles. The van der Waals surface area contributed by atoms with Gasteiger partial charge in [-0.15, -0.1) is 0 Å². The highest BCUT2D eigenvalue weighted by Gasteiger charge is 2.33. The molecule has 0 radical (unpaired) electrons. The van der Waals surface area contributed by atoms with Crippen molar-refractivity contribution in [1.29, 1.82) is 0 Å². The number of esters is 1. The van der Waals surface area contributed by atoms with Crippen LogP contribution in [0, 0.1) is 5.92 Å². The van der Waals surface area contributed by atoms with E-state index in [4.69, 9.17) is 14.2 Å². The Morgan fingerprint density at radius 2 is 2.12 bits per heavy atom. The van der Waals surface area contributed by atoms with E-state index in [1.807, 2.05) is 13.0 Å². The molecule has 1 aromatic carbocycles. The number of nitrogens with one attached hydrogen (secondary N) is 2. The molecule has 0 spiro atoms. The molecule has 2 N–H and O–H groups in total. The molecule has 1 aromatic rings. The first kappa shape index (κ1) is 18.1. The fraction of sp³-hybridized carbons (Fsp3) is 0.474. The van der Waals surface area contributed by atoms with Crippen LogP contribution in [0.4, 0.5) is 4.79 Å². The lowest BCUT2D eigenvalue weighted by Gasteiger charge is -2.28. The van der Waals surface area contributed by atoms with E-state index in [0.29, 0.717) is 35.3 Å². The lowest BCUT2D eigenvalue weighted by Crippen LogP contribution is -2.45. The Morgan fingerprint density at radius 3 is 2.88 bits per heavy atom. The highest BCUT2D eigenvalue weighted by molar-refractivity contribution is 5.95. The minimum atomic E-state index is -0.604. The average Bonchev–Trinajstić information content (AvgIpc) is 3.07. The Balaban J connectivity index is 1.84. The third-order valence-electron chi connectivity index (χ3n) is 4.50. The molecule has 3 rings (SSSR count). The number of ether oxygens (including phenoxy) is 3. The van der Waals surface area contributed by atoms with Gasteiger partial charge in [0.25, 0.3) is 0 Å². The van der Waals surface area contributed by atoms with Crippen LogP contribution in [0.1, 0.15) is 45.2 Å². The van der Waals surface area contributed by atoms with Crippen LogP contribution >= 0.6 is 0 Å². The van der Waals surface area contributed by atoms with Crippen LogP contribution in [0.15, 0.2) is 29.5 Å². The number of carbonyl (C=O) groups is 2. The SMILES string of the molecule is CCC[C@@H](C)COC(=O)C1=C(C)NC(=O)N[C@H]1c1ccc2c(c1)OCO2. The zero-order valence-corrected chi connectivity index (χ0v) is 15.3. The third-order valence-corrected chi connectivity index (χ3v) is 4.50. The molecule has 7 nitrogen and oxygen atoms in total. The van der Waals surface area contributed by atoms with Gasteiger partial charge in [-0.25, -0.2) is 9.59 Å². The van der Waals surface area contributed by atoms with Crippen molar-refractivity contribution < 1.29 is 23.8 Å². The van der Waals surface area contributed by atoms with Gasteiger partial charge in [0.2, 0.25) is 6.79 Å². The van der Waals surface area contributed by atoms with Gasteiger partial charge in [-0.3, -0.25) is 0 Å². The van der Waals surface area contributed by atoms with E-state index >= 15 is 0 Å². The van der Waals surface area contributed by atoms with E-state index in [1.54, 1.807) is 19.1 Å². The Hall–Kier alpha value is -2.70. The minimum Gasteiger partial charge on any atom is -0.462 e. The van der Waals surface area contributed by atoms with Gasteiger partial charge in [0.05, 0.1) is 18.2 Å². The number of urea groups is 1. The number of carbonyl (C=O) groups excluding carboxylic acids is 2. The van der Waals surface area contributed by atoms with Crippen LogP contribution in [-0.2, 0) is 9.53 Å². The summed E-state index contributed by atoms with van der Waals surface area (Å²) in [6.45, 7) is 6.36. The summed E-state index contributed by atoms with van der Waals surface area (Å²) in [6, 6.07) is 4.39. The van der Waals surface area contributed by atoms with E-state index in [2.05, 4.69) is 17.6 Å². The van der Waals surface area contributed by atoms with E-state index in [-0.39, 0.29) is 12.8 Å². The zero-order valence-electron chi connectivity index (χ0n) is 15.3. The third kappa shape index (κ3) is 3.76. The highest BCUT2D eigenvalue weighted by atomic mass is 16.7. The molecule has 26 heavy (non-hydrogen) atoms. The monoisotopic (exact) mass is 360 g/mol. The second-order valence-electron chi connectivity index (χ2n) is 6.68. The van der Waals surface area contributed by atoms with Gasteiger partial charge in [0.1, 0.15) is 0 Å². The maximum Gasteiger partial charge on any atom is 0.338 e. The molecule has 2 heterocycles. The summed E-state index contributed by atoms with van der Waals surface area (Å²) in [4.78, 5) is 24.7. The number of allylic oxidation sites excluding steroid dienone is 1. The van der Waals surface area contributed by atoms with Crippen molar-refractivity contribution in [2.75, 3.05) is 13.4 Å². The predicted molar refractivity (Wildman–Crippen MR) is 94.7 cm³/mol. The van der Waals surface area contributed by atoms with Crippen molar-refractivity contribution in [3.63, 3.8) is 0 Å². The summed E-state index contributed by atoms with van der Waals surface area (Å²) >= 11 is 0. The van der Waals surface area contributed by atoms with Crippen molar-refractivity contribution in [2.45, 2.75) is 39.7 Å². The van der Waals surface area contributed by atoms with Crippen LogP contribution in [0.2, 0.25) is 0 Å². The van der Waals surface area contributed by atoms with Gasteiger partial charge in [-0.1, -0.05) is 26.3 Å². The van der Waals surface area contributed by atoms with Gasteiger partial charge in [0.15, 0.2) is 11.5 Å². The van der Waals surface area contributed by atoms with Gasteiger partial charge in [-0.2, -0.15) is 0 Å². The van der Waals surface area contributed by atoms with E-state index in [1.165, 1.54) is 0 Å². The topological polar surface area (TPSA) is 85.9 Å². The molecule has 2 aliphatic heterocycles. The molecular formula is C19H24N2O5. The molecule has 0 saturated carbocycles. The van der Waals surface area contributed by atoms with E-state index in [9.17, 15) is 9.59 Å². The molecule has 0 aliphatic carbocycles. The van der Waals surface area contributed by atoms with Crippen molar-refractivity contribution in [3.8, 4) is 11.5 Å². The van der Waals surface area contributed by atoms with Crippen LogP contribution in [-0.4, -0.2) is 25.4 Å². The quantitative estimate of drug-likeness (QED) is 0.762. The zero-order chi connectivity index (χ0) is 18.7. The number of hydrogen-bond donors (Lipinski definition) is 2. The Kier molecular flexibility index (Phi) is 5.35. The normalized spacial score (nSPS) is 19.7. The molecule has 0 bridgehead atoms. The standard InChI is InChI=1S/C19H24N2O5/c1-4-5-11(2)9-24-18(22)16-12(3)20-19(23)21-17(16)13-6-7-14-15(8-13)26-10-25-14/h6-8,11,17H,4-5,9-10H2,1-3H3,(H2,20,21,23)/t11-,17+/m1/s1. The molecule has 140 valence electrons. The van der Waals surface area contributed by atoms with Gasteiger partial charge in [-0.05, 0) is 37.0 Å². The van der Waals surface area contributed by atoms with Crippen LogP contribution in [0.25, 0.3) is 0 Å². The molecule has 2 atom stereocenters. The molecule has 2 aliphatic rings. The van der Waals surface area contributed by atoms with Gasteiger partial charge >= 0.3 is 12.0 Å². The summed E-state index contributed by atoms with van der Waals surface area (Å²) in [5.41, 5.74) is 1.62. The van der Waals surface area contributed by atoms with Crippen molar-refractivity contribution in [2.24, 2.45) is 5.92 Å². The van der Waals surface area contributed by atoms with Crippen molar-refractivity contribution in [3.05, 3.63) is 35.0 Å². The lowest BCUT2D eigenvalue weighted by molar-refractivity contribution is -0.140. The highest BCUT2D eigenvalue weighted by Crippen LogP contribution is 2.37. The number of hydrogen-bond acceptors (Lipinski definition) is 5. The first-order valence-electron chi connectivity index (χ1n) is 8.84. The summed E-state index contributed by atoms with van der Waals surface area (Å²) < 4.78 is 16.2. The van der Waals surface area contributed by atoms with E-state index in [0.717, 1.165) is 18.4 Å². The Labute approximate surface area is 152 Å². The fourth-order valence-corrected chi connectivity index (χ4v) is 3.18. The smallest absolute Gasteiger partial charge is 0.338 e. The largest absolute Gasteiger partial charge is 0.462 e. The van der Waals surface area contributed by atoms with Crippen LogP contribution in [0.3, 0.4) is 0 Å². The number of fused-ring (bicyclic) bond motifs is 1. The summed E-state index contributed by atoms with van der Waals surface area (Å²) in [5.74, 6) is 1.10. The summed E-state index contributed by atoms with van der Waals surface area (Å²) in [5, 5.41) is 5.44. The second kappa shape index (κ2) is 7.68. The molecule has 0 aromatic heterocycles. The predicted octanol–water partition coefficient (Wildman–Crippen LogP) is 3.02. The number of amides is 2. The minimum absolute atomic E-state index is 0.163. The van der Waals surface area contributed by atoms with Gasteiger partial charge < -0.3 is 24.8 Å². The maximum absolute atomic E-state index is 12.7. The molecule has 2 amide bonds. The summed E-state index contributed by atoms with van der Waals surface area (Å²) in [6.07, 6.45) is 2.03. The van der Waals surface area contributed by atoms with Crippen LogP contribution in [0.5, 0.6) is 11.5 Å². The molecule has 0 fully saturated rings. The lowest BCUT2D eigenvalue weighted by atomic mass is 9.95. The summed E-state index contributed by atoms with van der Waals surface area (Å²) in [7, 11) is 0. The second-order valence-corrected chi connectivity index (χ2v) is 6.68. The molecule has 0 unspecified atom stereocenters. The number of benzene rings is 1. The Bertz CT molecular complexity index is 743. The average molecular weight is 360 g/mol. The Morgan fingerprint density at radius 1 is 1.35 bits per heavy atom. The van der Waals surface area contributed by atoms with Crippen molar-refractivity contribution in [1.82, 2.24) is 10.6 Å². The number of rotatable bonds is 6. The maximum atomic E-state index is 12.7. The first-order chi connectivity index (χ1) is 12.5. The van der Waals surface area contributed by atoms with E-state index < -0.39 is 12.0 Å². The van der Waals surface area contributed by atoms with Gasteiger partial charge in [0, 0.05) is 5.70 Å². The molecule has 7 heteroatoms. The van der Waals surface area contributed by atoms with Crippen molar-refractivity contribution >= 4 is 12.0 Å². The first-order valence-corrected chi connectivity index (χ1v) is 8.84. The van der Waals surface area contributed by atoms with Crippen LogP contribution < -0.4 is 20.1 Å². The molecular weight excluding hydrogens is 336 g/mol. The fourth-order valence-electron chi connectivity index (χ4n) is 3.18.